The molecule has 0 aliphatic heterocycles. The zero-order valence-electron chi connectivity index (χ0n) is 14.3. The van der Waals surface area contributed by atoms with E-state index in [4.69, 9.17) is 4.74 Å². The van der Waals surface area contributed by atoms with Gasteiger partial charge in [0.25, 0.3) is 5.91 Å². The average molecular weight is 327 g/mol. The van der Waals surface area contributed by atoms with Crippen molar-refractivity contribution in [1.82, 2.24) is 0 Å². The highest BCUT2D eigenvalue weighted by Crippen LogP contribution is 2.21. The lowest BCUT2D eigenvalue weighted by Gasteiger charge is -2.17. The lowest BCUT2D eigenvalue weighted by Crippen LogP contribution is -2.30. The summed E-state index contributed by atoms with van der Waals surface area (Å²) in [6.07, 6.45) is -0.674. The SMILES string of the molecule is COC(=O)c1cccc(NC(=O)[C@H](C)Oc2cc(C)ccc2C)c1. The molecule has 0 radical (unpaired) electrons. The lowest BCUT2D eigenvalue weighted by atomic mass is 10.1. The van der Waals surface area contributed by atoms with E-state index in [2.05, 4.69) is 10.1 Å². The van der Waals surface area contributed by atoms with Crippen LogP contribution in [-0.2, 0) is 9.53 Å². The maximum Gasteiger partial charge on any atom is 0.337 e. The van der Waals surface area contributed by atoms with Gasteiger partial charge in [0.15, 0.2) is 6.10 Å². The molecular formula is C19H21NO4. The minimum absolute atomic E-state index is 0.294. The highest BCUT2D eigenvalue weighted by molar-refractivity contribution is 5.96. The van der Waals surface area contributed by atoms with Crippen LogP contribution in [-0.4, -0.2) is 25.1 Å². The van der Waals surface area contributed by atoms with Crippen LogP contribution in [0.5, 0.6) is 5.75 Å². The molecule has 0 unspecified atom stereocenters. The number of aryl methyl sites for hydroxylation is 2. The monoisotopic (exact) mass is 327 g/mol. The Morgan fingerprint density at radius 1 is 1.08 bits per heavy atom. The Bertz CT molecular complexity index is 755. The first-order chi connectivity index (χ1) is 11.4. The van der Waals surface area contributed by atoms with Gasteiger partial charge in [0.05, 0.1) is 12.7 Å². The quantitative estimate of drug-likeness (QED) is 0.854. The molecule has 0 aromatic heterocycles. The van der Waals surface area contributed by atoms with Crippen LogP contribution in [0.4, 0.5) is 5.69 Å². The van der Waals surface area contributed by atoms with Crippen LogP contribution in [0.25, 0.3) is 0 Å². The predicted molar refractivity (Wildman–Crippen MR) is 92.4 cm³/mol. The van der Waals surface area contributed by atoms with Gasteiger partial charge in [0.1, 0.15) is 5.75 Å². The maximum absolute atomic E-state index is 12.3. The number of hydrogen-bond donors (Lipinski definition) is 1. The van der Waals surface area contributed by atoms with Gasteiger partial charge in [0, 0.05) is 5.69 Å². The molecule has 0 aliphatic carbocycles. The summed E-state index contributed by atoms with van der Waals surface area (Å²) in [6, 6.07) is 12.4. The van der Waals surface area contributed by atoms with Gasteiger partial charge in [-0.25, -0.2) is 4.79 Å². The van der Waals surface area contributed by atoms with Gasteiger partial charge in [-0.2, -0.15) is 0 Å². The summed E-state index contributed by atoms with van der Waals surface area (Å²) >= 11 is 0. The largest absolute Gasteiger partial charge is 0.481 e. The molecule has 0 saturated carbocycles. The van der Waals surface area contributed by atoms with Crippen molar-refractivity contribution < 1.29 is 19.1 Å². The Hall–Kier alpha value is -2.82. The summed E-state index contributed by atoms with van der Waals surface area (Å²) in [5.74, 6) is -0.0651. The van der Waals surface area contributed by atoms with Gasteiger partial charge in [-0.3, -0.25) is 4.79 Å². The van der Waals surface area contributed by atoms with Gasteiger partial charge >= 0.3 is 5.97 Å². The van der Waals surface area contributed by atoms with Crippen LogP contribution in [0.2, 0.25) is 0 Å². The Morgan fingerprint density at radius 3 is 2.54 bits per heavy atom. The molecule has 1 amide bonds. The summed E-state index contributed by atoms with van der Waals surface area (Å²) in [5, 5.41) is 2.74. The second kappa shape index (κ2) is 7.64. The molecule has 0 aliphatic rings. The predicted octanol–water partition coefficient (Wildman–Crippen LogP) is 3.50. The molecule has 5 heteroatoms. The zero-order chi connectivity index (χ0) is 17.7. The van der Waals surface area contributed by atoms with E-state index in [1.165, 1.54) is 7.11 Å². The molecule has 0 spiro atoms. The van der Waals surface area contributed by atoms with Crippen LogP contribution >= 0.6 is 0 Å². The summed E-state index contributed by atoms with van der Waals surface area (Å²) < 4.78 is 10.4. The molecule has 2 aromatic carbocycles. The summed E-state index contributed by atoms with van der Waals surface area (Å²) in [6.45, 7) is 5.58. The molecule has 0 saturated heterocycles. The zero-order valence-corrected chi connectivity index (χ0v) is 14.3. The van der Waals surface area contributed by atoms with E-state index in [0.29, 0.717) is 17.0 Å². The van der Waals surface area contributed by atoms with E-state index in [0.717, 1.165) is 11.1 Å². The topological polar surface area (TPSA) is 64.6 Å². The average Bonchev–Trinajstić information content (AvgIpc) is 2.57. The van der Waals surface area contributed by atoms with Gasteiger partial charge < -0.3 is 14.8 Å². The third-order valence-corrected chi connectivity index (χ3v) is 3.57. The number of amides is 1. The number of carbonyl (C=O) groups is 2. The third kappa shape index (κ3) is 4.35. The molecule has 0 bridgehead atoms. The molecule has 1 atom stereocenters. The smallest absolute Gasteiger partial charge is 0.337 e. The van der Waals surface area contributed by atoms with E-state index >= 15 is 0 Å². The van der Waals surface area contributed by atoms with Crippen molar-refractivity contribution in [2.24, 2.45) is 0 Å². The highest BCUT2D eigenvalue weighted by Gasteiger charge is 2.16. The number of rotatable bonds is 5. The van der Waals surface area contributed by atoms with Crippen LogP contribution in [0.15, 0.2) is 42.5 Å². The van der Waals surface area contributed by atoms with Gasteiger partial charge in [0.2, 0.25) is 0 Å². The van der Waals surface area contributed by atoms with Crippen molar-refractivity contribution >= 4 is 17.6 Å². The molecular weight excluding hydrogens is 306 g/mol. The van der Waals surface area contributed by atoms with E-state index in [1.807, 2.05) is 32.0 Å². The fourth-order valence-electron chi connectivity index (χ4n) is 2.16. The summed E-state index contributed by atoms with van der Waals surface area (Å²) in [5.41, 5.74) is 2.92. The number of methoxy groups -OCH3 is 1. The number of benzene rings is 2. The number of esters is 1. The van der Waals surface area contributed by atoms with Crippen LogP contribution in [0.1, 0.15) is 28.4 Å². The third-order valence-electron chi connectivity index (χ3n) is 3.57. The second-order valence-corrected chi connectivity index (χ2v) is 5.59. The van der Waals surface area contributed by atoms with Gasteiger partial charge in [-0.1, -0.05) is 18.2 Å². The van der Waals surface area contributed by atoms with Crippen LogP contribution < -0.4 is 10.1 Å². The van der Waals surface area contributed by atoms with Crippen LogP contribution in [0, 0.1) is 13.8 Å². The molecule has 1 N–H and O–H groups in total. The van der Waals surface area contributed by atoms with Crippen molar-refractivity contribution in [3.8, 4) is 5.75 Å². The molecule has 2 rings (SSSR count). The van der Waals surface area contributed by atoms with Gasteiger partial charge in [-0.15, -0.1) is 0 Å². The first-order valence-electron chi connectivity index (χ1n) is 7.64. The summed E-state index contributed by atoms with van der Waals surface area (Å²) in [7, 11) is 1.31. The Kier molecular flexibility index (Phi) is 5.58. The minimum Gasteiger partial charge on any atom is -0.481 e. The number of carbonyl (C=O) groups excluding carboxylic acids is 2. The first kappa shape index (κ1) is 17.5. The fraction of sp³-hybridized carbons (Fsp3) is 0.263. The Morgan fingerprint density at radius 2 is 1.83 bits per heavy atom. The van der Waals surface area contributed by atoms with Crippen molar-refractivity contribution in [2.45, 2.75) is 26.9 Å². The van der Waals surface area contributed by atoms with Crippen molar-refractivity contribution in [1.29, 1.82) is 0 Å². The van der Waals surface area contributed by atoms with E-state index in [9.17, 15) is 9.59 Å². The Labute approximate surface area is 141 Å². The van der Waals surface area contributed by atoms with Crippen molar-refractivity contribution in [3.63, 3.8) is 0 Å². The number of hydrogen-bond acceptors (Lipinski definition) is 4. The minimum atomic E-state index is -0.674. The van der Waals surface area contributed by atoms with Crippen molar-refractivity contribution in [2.75, 3.05) is 12.4 Å². The Balaban J connectivity index is 2.06. The molecule has 24 heavy (non-hydrogen) atoms. The van der Waals surface area contributed by atoms with E-state index in [1.54, 1.807) is 31.2 Å². The normalized spacial score (nSPS) is 11.5. The number of ether oxygens (including phenoxy) is 2. The molecule has 126 valence electrons. The molecule has 2 aromatic rings. The molecule has 0 heterocycles. The fourth-order valence-corrected chi connectivity index (χ4v) is 2.16. The van der Waals surface area contributed by atoms with Crippen LogP contribution in [0.3, 0.4) is 0 Å². The maximum atomic E-state index is 12.3. The highest BCUT2D eigenvalue weighted by atomic mass is 16.5. The lowest BCUT2D eigenvalue weighted by molar-refractivity contribution is -0.122. The first-order valence-corrected chi connectivity index (χ1v) is 7.64. The molecule has 5 nitrogen and oxygen atoms in total. The second-order valence-electron chi connectivity index (χ2n) is 5.59. The van der Waals surface area contributed by atoms with E-state index < -0.39 is 12.1 Å². The summed E-state index contributed by atoms with van der Waals surface area (Å²) in [4.78, 5) is 23.8. The standard InChI is InChI=1S/C19H21NO4/c1-12-8-9-13(2)17(10-12)24-14(3)18(21)20-16-7-5-6-15(11-16)19(22)23-4/h5-11,14H,1-4H3,(H,20,21)/t14-/m0/s1. The van der Waals surface area contributed by atoms with Crippen molar-refractivity contribution in [3.05, 3.63) is 59.2 Å². The van der Waals surface area contributed by atoms with E-state index in [-0.39, 0.29) is 5.91 Å². The number of anilines is 1. The number of nitrogens with one attached hydrogen (secondary N) is 1. The molecule has 0 fully saturated rings. The van der Waals surface area contributed by atoms with Gasteiger partial charge in [-0.05, 0) is 56.2 Å².